The van der Waals surface area contributed by atoms with Crippen LogP contribution in [0, 0.1) is 0 Å². The van der Waals surface area contributed by atoms with Crippen LogP contribution in [-0.4, -0.2) is 80.1 Å². The monoisotopic (exact) mass is 566 g/mol. The van der Waals surface area contributed by atoms with Crippen molar-refractivity contribution in [3.05, 3.63) is 40.9 Å². The molecular formula is C26H31ClN2O10. The van der Waals surface area contributed by atoms with E-state index in [1.165, 1.54) is 6.92 Å². The molecule has 2 aliphatic heterocycles. The summed E-state index contributed by atoms with van der Waals surface area (Å²) >= 11 is 6.08. The van der Waals surface area contributed by atoms with Gasteiger partial charge >= 0.3 is 23.9 Å². The number of nitrogens with one attached hydrogen (secondary N) is 1. The molecule has 1 aromatic rings. The first-order valence-electron chi connectivity index (χ1n) is 12.3. The number of halogens is 1. The highest BCUT2D eigenvalue weighted by molar-refractivity contribution is 6.30. The molecule has 13 heteroatoms. The molecular weight excluding hydrogens is 536 g/mol. The topological polar surface area (TPSA) is 148 Å². The van der Waals surface area contributed by atoms with Gasteiger partial charge in [-0.2, -0.15) is 0 Å². The maximum absolute atomic E-state index is 12.1. The number of carbonyl (C=O) groups excluding carboxylic acids is 4. The number of ether oxygens (including phenoxy) is 6. The first kappa shape index (κ1) is 29.9. The Kier molecular flexibility index (Phi) is 10.7. The zero-order valence-corrected chi connectivity index (χ0v) is 22.8. The smallest absolute Gasteiger partial charge is 0.303 e. The minimum absolute atomic E-state index is 0.265. The van der Waals surface area contributed by atoms with Crippen LogP contribution >= 0.6 is 11.6 Å². The fraction of sp³-hybridized carbons (Fsp3) is 0.500. The molecule has 5 atom stereocenters. The number of rotatable bonds is 9. The van der Waals surface area contributed by atoms with E-state index < -0.39 is 54.6 Å². The van der Waals surface area contributed by atoms with E-state index in [1.807, 2.05) is 0 Å². The molecule has 0 aliphatic carbocycles. The summed E-state index contributed by atoms with van der Waals surface area (Å²) in [6.07, 6.45) is -4.03. The summed E-state index contributed by atoms with van der Waals surface area (Å²) in [5.41, 5.74) is 0.585. The van der Waals surface area contributed by atoms with Crippen LogP contribution in [0.5, 0.6) is 0 Å². The van der Waals surface area contributed by atoms with Crippen LogP contribution in [0.3, 0.4) is 0 Å². The van der Waals surface area contributed by atoms with Crippen LogP contribution in [0.1, 0.15) is 39.7 Å². The van der Waals surface area contributed by atoms with Crippen LogP contribution in [0.15, 0.2) is 35.3 Å². The number of carbonyl (C=O) groups is 4. The maximum Gasteiger partial charge on any atom is 0.303 e. The summed E-state index contributed by atoms with van der Waals surface area (Å²) in [6.45, 7) is 5.61. The van der Waals surface area contributed by atoms with E-state index in [9.17, 15) is 19.2 Å². The highest BCUT2D eigenvalue weighted by Gasteiger charge is 2.53. The SMILES string of the molecule is CC(=O)OC[C@H]1O[C@@H](O/C(=C/C2=NCCCN2)c2ccc(Cl)cc2)[C@H](OC(C)=O)[C@@H](OC(C)=O)[C@@H]1OC(C)=O. The molecule has 0 saturated carbocycles. The van der Waals surface area contributed by atoms with Gasteiger partial charge in [0.25, 0.3) is 0 Å². The van der Waals surface area contributed by atoms with E-state index in [0.717, 1.165) is 27.2 Å². The van der Waals surface area contributed by atoms with E-state index in [2.05, 4.69) is 10.3 Å². The first-order chi connectivity index (χ1) is 18.5. The summed E-state index contributed by atoms with van der Waals surface area (Å²) in [7, 11) is 0. The number of hydrogen-bond acceptors (Lipinski definition) is 12. The average molecular weight is 567 g/mol. The number of benzene rings is 1. The fourth-order valence-corrected chi connectivity index (χ4v) is 4.11. The van der Waals surface area contributed by atoms with E-state index in [1.54, 1.807) is 30.3 Å². The summed E-state index contributed by atoms with van der Waals surface area (Å²) in [6, 6.07) is 6.75. The van der Waals surface area contributed by atoms with E-state index >= 15 is 0 Å². The third-order valence-corrected chi connectivity index (χ3v) is 5.76. The van der Waals surface area contributed by atoms with Crippen molar-refractivity contribution in [2.24, 2.45) is 4.99 Å². The molecule has 1 saturated heterocycles. The highest BCUT2D eigenvalue weighted by atomic mass is 35.5. The zero-order valence-electron chi connectivity index (χ0n) is 22.0. The Bertz CT molecular complexity index is 1120. The normalized spacial score (nSPS) is 24.9. The second-order valence-electron chi connectivity index (χ2n) is 8.75. The van der Waals surface area contributed by atoms with Crippen molar-refractivity contribution in [1.82, 2.24) is 5.32 Å². The second-order valence-corrected chi connectivity index (χ2v) is 9.18. The van der Waals surface area contributed by atoms with Gasteiger partial charge in [-0.3, -0.25) is 24.2 Å². The van der Waals surface area contributed by atoms with E-state index in [0.29, 0.717) is 29.5 Å². The largest absolute Gasteiger partial charge is 0.463 e. The molecule has 0 unspecified atom stereocenters. The van der Waals surface area contributed by atoms with Crippen LogP contribution in [-0.2, 0) is 47.6 Å². The molecule has 1 fully saturated rings. The van der Waals surface area contributed by atoms with Crippen molar-refractivity contribution in [2.45, 2.75) is 64.8 Å². The molecule has 2 heterocycles. The third kappa shape index (κ3) is 8.96. The lowest BCUT2D eigenvalue weighted by atomic mass is 9.98. The minimum atomic E-state index is -1.39. The Hall–Kier alpha value is -3.64. The van der Waals surface area contributed by atoms with Crippen molar-refractivity contribution in [1.29, 1.82) is 0 Å². The molecule has 0 bridgehead atoms. The fourth-order valence-electron chi connectivity index (χ4n) is 3.98. The molecule has 212 valence electrons. The molecule has 0 radical (unpaired) electrons. The number of hydrogen-bond donors (Lipinski definition) is 1. The Morgan fingerprint density at radius 1 is 0.923 bits per heavy atom. The predicted octanol–water partition coefficient (Wildman–Crippen LogP) is 2.17. The van der Waals surface area contributed by atoms with Crippen molar-refractivity contribution < 1.29 is 47.6 Å². The lowest BCUT2D eigenvalue weighted by Crippen LogP contribution is -2.62. The first-order valence-corrected chi connectivity index (χ1v) is 12.6. The molecule has 0 aromatic heterocycles. The molecule has 12 nitrogen and oxygen atoms in total. The van der Waals surface area contributed by atoms with Crippen molar-refractivity contribution >= 4 is 47.1 Å². The zero-order chi connectivity index (χ0) is 28.5. The molecule has 0 amide bonds. The minimum Gasteiger partial charge on any atom is -0.463 e. The Morgan fingerprint density at radius 3 is 2.10 bits per heavy atom. The van der Waals surface area contributed by atoms with Gasteiger partial charge in [0, 0.05) is 57.4 Å². The highest BCUT2D eigenvalue weighted by Crippen LogP contribution is 2.33. The number of aliphatic imine (C=N–C) groups is 1. The summed E-state index contributed by atoms with van der Waals surface area (Å²) in [5, 5.41) is 3.67. The van der Waals surface area contributed by atoms with Crippen LogP contribution in [0.2, 0.25) is 5.02 Å². The quantitative estimate of drug-likeness (QED) is 0.266. The average Bonchev–Trinajstić information content (AvgIpc) is 2.86. The predicted molar refractivity (Wildman–Crippen MR) is 137 cm³/mol. The number of nitrogens with zero attached hydrogens (tertiary/aromatic N) is 1. The van der Waals surface area contributed by atoms with Gasteiger partial charge in [-0.25, -0.2) is 0 Å². The summed E-state index contributed by atoms with van der Waals surface area (Å²) in [5.74, 6) is -2.00. The lowest BCUT2D eigenvalue weighted by molar-refractivity contribution is -0.294. The molecule has 39 heavy (non-hydrogen) atoms. The van der Waals surface area contributed by atoms with Crippen molar-refractivity contribution in [3.8, 4) is 0 Å². The molecule has 0 spiro atoms. The van der Waals surface area contributed by atoms with Gasteiger partial charge in [-0.1, -0.05) is 11.6 Å². The van der Waals surface area contributed by atoms with Gasteiger partial charge in [0.05, 0.1) is 0 Å². The van der Waals surface area contributed by atoms with Crippen LogP contribution in [0.25, 0.3) is 5.76 Å². The van der Waals surface area contributed by atoms with Crippen molar-refractivity contribution in [2.75, 3.05) is 19.7 Å². The Labute approximate surface area is 230 Å². The Balaban J connectivity index is 2.06. The molecule has 1 N–H and O–H groups in total. The maximum atomic E-state index is 12.1. The van der Waals surface area contributed by atoms with Gasteiger partial charge in [-0.05, 0) is 30.7 Å². The third-order valence-electron chi connectivity index (χ3n) is 5.51. The Morgan fingerprint density at radius 2 is 1.54 bits per heavy atom. The van der Waals surface area contributed by atoms with Gasteiger partial charge in [-0.15, -0.1) is 0 Å². The number of esters is 4. The second kappa shape index (κ2) is 13.9. The standard InChI is InChI=1S/C26H31ClN2O10/c1-14(30)34-13-21-23(35-15(2)31)24(36-16(3)32)25(37-17(4)33)26(39-21)38-20(12-22-28-10-5-11-29-22)18-6-8-19(27)9-7-18/h6-9,12,21,23-26H,5,10-11,13H2,1-4H3,(H,28,29)/b20-12+/t21-,23-,24+,25-,26-/m1/s1. The summed E-state index contributed by atoms with van der Waals surface area (Å²) in [4.78, 5) is 52.1. The van der Waals surface area contributed by atoms with Crippen LogP contribution in [0.4, 0.5) is 0 Å². The van der Waals surface area contributed by atoms with Gasteiger partial charge < -0.3 is 33.7 Å². The van der Waals surface area contributed by atoms with E-state index in [-0.39, 0.29) is 12.4 Å². The van der Waals surface area contributed by atoms with Gasteiger partial charge in [0.2, 0.25) is 12.4 Å². The molecule has 3 rings (SSSR count). The lowest BCUT2D eigenvalue weighted by Gasteiger charge is -2.44. The molecule has 1 aromatic carbocycles. The molecule has 2 aliphatic rings. The van der Waals surface area contributed by atoms with E-state index in [4.69, 9.17) is 40.0 Å². The summed E-state index contributed by atoms with van der Waals surface area (Å²) < 4.78 is 33.8. The van der Waals surface area contributed by atoms with Crippen LogP contribution < -0.4 is 5.32 Å². The number of amidine groups is 1. The van der Waals surface area contributed by atoms with Crippen molar-refractivity contribution in [3.63, 3.8) is 0 Å². The van der Waals surface area contributed by atoms with Gasteiger partial charge in [0.15, 0.2) is 12.2 Å². The van der Waals surface area contributed by atoms with Gasteiger partial charge in [0.1, 0.15) is 24.3 Å².